The molecule has 0 aromatic rings. The van der Waals surface area contributed by atoms with E-state index in [0.717, 1.165) is 0 Å². The summed E-state index contributed by atoms with van der Waals surface area (Å²) in [4.78, 5) is 0. The molecule has 0 aliphatic carbocycles. The molecule has 7 heavy (non-hydrogen) atoms. The third-order valence-electron chi connectivity index (χ3n) is 0. The molecule has 0 aliphatic rings. The van der Waals surface area contributed by atoms with E-state index in [1.165, 1.54) is 0 Å². The predicted octanol–water partition coefficient (Wildman–Crippen LogP) is -7.38. The van der Waals surface area contributed by atoms with Crippen molar-refractivity contribution in [2.45, 2.75) is 0 Å². The monoisotopic (exact) mass is 178 g/mol. The first-order valence-electron chi connectivity index (χ1n) is 0.500. The minimum atomic E-state index is -3.11. The molecule has 0 amide bonds. The van der Waals surface area contributed by atoms with Crippen molar-refractivity contribution in [2.24, 2.45) is 0 Å². The Hall–Kier alpha value is 2.62. The smallest absolute Gasteiger partial charge is 1.00 e. The van der Waals surface area contributed by atoms with Gasteiger partial charge in [0.15, 0.2) is 0 Å². The summed E-state index contributed by atoms with van der Waals surface area (Å²) in [6, 6.07) is 0. The van der Waals surface area contributed by atoms with E-state index in [9.17, 15) is 0 Å². The minimum Gasteiger partial charge on any atom is -1.00 e. The standard InChI is InChI=1S/Ca.ClH.Na.H2O3S/c;;;1-4(2)3/h;1H;;(H2,1,2,3)/q+2;;+1;/p-3. The van der Waals surface area contributed by atoms with Gasteiger partial charge in [0.25, 0.3) is 0 Å². The zero-order valence-electron chi connectivity index (χ0n) is 3.72. The van der Waals surface area contributed by atoms with Crippen molar-refractivity contribution in [1.29, 1.82) is 0 Å². The van der Waals surface area contributed by atoms with Crippen LogP contribution in [0.3, 0.4) is 0 Å². The van der Waals surface area contributed by atoms with Crippen LogP contribution >= 0.6 is 0 Å². The summed E-state index contributed by atoms with van der Waals surface area (Å²) in [5.41, 5.74) is 0. The van der Waals surface area contributed by atoms with Crippen molar-refractivity contribution in [2.75, 3.05) is 0 Å². The van der Waals surface area contributed by atoms with Gasteiger partial charge in [-0.25, -0.2) is 0 Å². The molecule has 0 radical (unpaired) electrons. The van der Waals surface area contributed by atoms with Gasteiger partial charge in [0.2, 0.25) is 0 Å². The molecule has 0 atom stereocenters. The van der Waals surface area contributed by atoms with E-state index in [4.69, 9.17) is 13.3 Å². The molecule has 34 valence electrons. The van der Waals surface area contributed by atoms with Gasteiger partial charge in [-0.3, -0.25) is 4.21 Å². The van der Waals surface area contributed by atoms with Crippen LogP contribution < -0.4 is 42.0 Å². The Morgan fingerprint density at radius 1 is 1.29 bits per heavy atom. The van der Waals surface area contributed by atoms with E-state index in [0.29, 0.717) is 0 Å². The average Bonchev–Trinajstić information content (AvgIpc) is 0.811. The molecule has 0 rings (SSSR count). The fourth-order valence-electron chi connectivity index (χ4n) is 0. The minimum absolute atomic E-state index is 0. The molecule has 7 heteroatoms. The molecule has 0 saturated heterocycles. The molecule has 0 saturated carbocycles. The van der Waals surface area contributed by atoms with Crippen LogP contribution in [0.15, 0.2) is 0 Å². The van der Waals surface area contributed by atoms with E-state index in [-0.39, 0.29) is 79.7 Å². The Bertz CT molecular complexity index is 37.9. The second-order valence-electron chi connectivity index (χ2n) is 0.204. The van der Waals surface area contributed by atoms with Gasteiger partial charge in [-0.05, 0) is 0 Å². The molecule has 0 bridgehead atoms. The van der Waals surface area contributed by atoms with Crippen molar-refractivity contribution in [3.05, 3.63) is 0 Å². The van der Waals surface area contributed by atoms with Crippen LogP contribution in [0, 0.1) is 0 Å². The molecule has 0 N–H and O–H groups in total. The summed E-state index contributed by atoms with van der Waals surface area (Å²) < 4.78 is 25.3. The Labute approximate surface area is 102 Å². The summed E-state index contributed by atoms with van der Waals surface area (Å²) in [6.45, 7) is 0. The number of hydrogen-bond donors (Lipinski definition) is 0. The topological polar surface area (TPSA) is 63.2 Å². The molecule has 0 fully saturated rings. The zero-order valence-corrected chi connectivity index (χ0v) is 9.50. The van der Waals surface area contributed by atoms with E-state index in [1.54, 1.807) is 0 Å². The summed E-state index contributed by atoms with van der Waals surface area (Å²) in [5, 5.41) is 0. The second-order valence-corrected chi connectivity index (χ2v) is 0.612. The Balaban J connectivity index is -0.0000000150. The molecular formula is CaClNaO3S. The molecule has 3 nitrogen and oxygen atoms in total. The van der Waals surface area contributed by atoms with Crippen molar-refractivity contribution in [3.63, 3.8) is 0 Å². The summed E-state index contributed by atoms with van der Waals surface area (Å²) >= 11 is -3.11. The van der Waals surface area contributed by atoms with E-state index < -0.39 is 11.4 Å². The van der Waals surface area contributed by atoms with Gasteiger partial charge in [0.1, 0.15) is 0 Å². The third-order valence-corrected chi connectivity index (χ3v) is 0. The van der Waals surface area contributed by atoms with Crippen molar-refractivity contribution >= 4 is 49.1 Å². The van der Waals surface area contributed by atoms with Gasteiger partial charge in [0, 0.05) is 0 Å². The summed E-state index contributed by atoms with van der Waals surface area (Å²) in [5.74, 6) is 0. The van der Waals surface area contributed by atoms with Crippen LogP contribution in [0.25, 0.3) is 0 Å². The first kappa shape index (κ1) is 22.6. The van der Waals surface area contributed by atoms with Gasteiger partial charge in [-0.15, -0.1) is 11.4 Å². The predicted molar refractivity (Wildman–Crippen MR) is 15.5 cm³/mol. The van der Waals surface area contributed by atoms with E-state index >= 15 is 0 Å². The fourth-order valence-corrected chi connectivity index (χ4v) is 0. The maximum Gasteiger partial charge on any atom is 2.00 e. The zero-order chi connectivity index (χ0) is 3.58. The van der Waals surface area contributed by atoms with Crippen LogP contribution in [0.2, 0.25) is 0 Å². The summed E-state index contributed by atoms with van der Waals surface area (Å²) in [7, 11) is 0. The molecular weight excluding hydrogens is 179 g/mol. The number of halogens is 1. The Kier molecular flexibility index (Phi) is 51.2. The first-order chi connectivity index (χ1) is 1.73. The van der Waals surface area contributed by atoms with Crippen LogP contribution in [0.5, 0.6) is 0 Å². The Morgan fingerprint density at radius 3 is 1.29 bits per heavy atom. The quantitative estimate of drug-likeness (QED) is 0.274. The molecule has 0 spiro atoms. The summed E-state index contributed by atoms with van der Waals surface area (Å²) in [6.07, 6.45) is 0. The van der Waals surface area contributed by atoms with Crippen LogP contribution in [0.4, 0.5) is 0 Å². The van der Waals surface area contributed by atoms with Crippen LogP contribution in [0.1, 0.15) is 0 Å². The van der Waals surface area contributed by atoms with Gasteiger partial charge in [-0.2, -0.15) is 0 Å². The molecule has 0 aromatic heterocycles. The van der Waals surface area contributed by atoms with Crippen molar-refractivity contribution in [3.8, 4) is 0 Å². The Morgan fingerprint density at radius 2 is 1.29 bits per heavy atom. The van der Waals surface area contributed by atoms with E-state index in [2.05, 4.69) is 0 Å². The largest absolute Gasteiger partial charge is 2.00 e. The first-order valence-corrected chi connectivity index (χ1v) is 1.50. The number of rotatable bonds is 0. The fraction of sp³-hybridized carbons (Fsp3) is 0. The molecule has 0 aromatic carbocycles. The van der Waals surface area contributed by atoms with Crippen LogP contribution in [-0.4, -0.2) is 51.1 Å². The van der Waals surface area contributed by atoms with Gasteiger partial charge in [0.05, 0.1) is 0 Å². The normalized spacial score (nSPS) is 5.00. The average molecular weight is 179 g/mol. The SMILES string of the molecule is O=S([O-])[O-].[Ca+2].[Cl-].[Na+]. The molecule has 0 aliphatic heterocycles. The maximum atomic E-state index is 8.44. The van der Waals surface area contributed by atoms with Crippen molar-refractivity contribution < 1.29 is 55.3 Å². The van der Waals surface area contributed by atoms with Crippen molar-refractivity contribution in [1.82, 2.24) is 0 Å². The maximum absolute atomic E-state index is 8.44. The van der Waals surface area contributed by atoms with Gasteiger partial charge >= 0.3 is 67.3 Å². The van der Waals surface area contributed by atoms with E-state index in [1.807, 2.05) is 0 Å². The molecule has 0 heterocycles. The van der Waals surface area contributed by atoms with Gasteiger partial charge < -0.3 is 21.5 Å². The second kappa shape index (κ2) is 15.8. The van der Waals surface area contributed by atoms with Crippen LogP contribution in [-0.2, 0) is 11.4 Å². The van der Waals surface area contributed by atoms with Gasteiger partial charge in [-0.1, -0.05) is 0 Å². The number of hydrogen-bond acceptors (Lipinski definition) is 3. The third kappa shape index (κ3) is 55.0. The molecule has 0 unspecified atom stereocenters.